The summed E-state index contributed by atoms with van der Waals surface area (Å²) in [5.41, 5.74) is 10.4. The Hall–Kier alpha value is -2.32. The number of hydrogen-bond donors (Lipinski definition) is 4. The molecule has 0 radical (unpaired) electrons. The van der Waals surface area contributed by atoms with Crippen LogP contribution in [0.15, 0.2) is 4.99 Å². The smallest absolute Gasteiger partial charge is 0.326 e. The number of aliphatic imine (C=N–C) groups is 1. The average Bonchev–Trinajstić information content (AvgIpc) is 2.91. The number of nitrogens with two attached hydrogens (primary N) is 2. The molecule has 0 aromatic rings. The third-order valence-corrected chi connectivity index (χ3v) is 3.52. The van der Waals surface area contributed by atoms with E-state index in [1.54, 1.807) is 0 Å². The Balaban J connectivity index is 2.55. The Morgan fingerprint density at radius 1 is 1.41 bits per heavy atom. The Labute approximate surface area is 128 Å². The zero-order valence-corrected chi connectivity index (χ0v) is 12.6. The number of likely N-dealkylation sites (tertiary alicyclic amines) is 1. The van der Waals surface area contributed by atoms with Crippen molar-refractivity contribution in [1.82, 2.24) is 10.2 Å². The van der Waals surface area contributed by atoms with Gasteiger partial charge in [-0.1, -0.05) is 0 Å². The van der Waals surface area contributed by atoms with Crippen molar-refractivity contribution < 1.29 is 19.5 Å². The number of carboxylic acid groups (broad SMARTS) is 1. The number of carbonyl (C=O) groups excluding carboxylic acids is 2. The van der Waals surface area contributed by atoms with Gasteiger partial charge in [0.15, 0.2) is 5.96 Å². The van der Waals surface area contributed by atoms with Gasteiger partial charge >= 0.3 is 5.97 Å². The molecule has 1 saturated heterocycles. The Kier molecular flexibility index (Phi) is 6.61. The zero-order chi connectivity index (χ0) is 16.7. The number of amides is 2. The Bertz CT molecular complexity index is 461. The largest absolute Gasteiger partial charge is 0.480 e. The number of aliphatic carboxylic acids is 1. The van der Waals surface area contributed by atoms with Gasteiger partial charge in [-0.25, -0.2) is 4.79 Å². The summed E-state index contributed by atoms with van der Waals surface area (Å²) in [6.07, 6.45) is 1.92. The fourth-order valence-electron chi connectivity index (χ4n) is 2.45. The van der Waals surface area contributed by atoms with Crippen molar-refractivity contribution in [3.8, 4) is 0 Å². The Morgan fingerprint density at radius 3 is 2.64 bits per heavy atom. The van der Waals surface area contributed by atoms with Crippen LogP contribution in [0.5, 0.6) is 0 Å². The maximum atomic E-state index is 12.2. The second-order valence-electron chi connectivity index (χ2n) is 5.22. The fourth-order valence-corrected chi connectivity index (χ4v) is 2.45. The highest BCUT2D eigenvalue weighted by Crippen LogP contribution is 2.17. The number of nitrogens with zero attached hydrogens (tertiary/aromatic N) is 2. The Morgan fingerprint density at radius 2 is 2.09 bits per heavy atom. The van der Waals surface area contributed by atoms with Gasteiger partial charge in [0.2, 0.25) is 11.8 Å². The van der Waals surface area contributed by atoms with E-state index in [1.165, 1.54) is 11.8 Å². The van der Waals surface area contributed by atoms with Crippen LogP contribution in [-0.2, 0) is 14.4 Å². The van der Waals surface area contributed by atoms with Crippen molar-refractivity contribution >= 4 is 23.7 Å². The van der Waals surface area contributed by atoms with Crippen LogP contribution >= 0.6 is 0 Å². The number of guanidine groups is 1. The molecule has 9 nitrogen and oxygen atoms in total. The van der Waals surface area contributed by atoms with Gasteiger partial charge < -0.3 is 26.8 Å². The number of carbonyl (C=O) groups is 3. The molecule has 22 heavy (non-hydrogen) atoms. The molecule has 0 spiro atoms. The van der Waals surface area contributed by atoms with Crippen LogP contribution in [-0.4, -0.2) is 58.9 Å². The van der Waals surface area contributed by atoms with Crippen LogP contribution in [0.4, 0.5) is 0 Å². The van der Waals surface area contributed by atoms with E-state index in [0.29, 0.717) is 25.9 Å². The van der Waals surface area contributed by atoms with E-state index in [9.17, 15) is 14.4 Å². The monoisotopic (exact) mass is 313 g/mol. The molecule has 0 bridgehead atoms. The van der Waals surface area contributed by atoms with E-state index < -0.39 is 24.0 Å². The van der Waals surface area contributed by atoms with Crippen molar-refractivity contribution in [2.24, 2.45) is 16.5 Å². The number of rotatable bonds is 7. The van der Waals surface area contributed by atoms with Gasteiger partial charge in [-0.05, 0) is 25.7 Å². The van der Waals surface area contributed by atoms with Crippen molar-refractivity contribution in [3.05, 3.63) is 0 Å². The summed E-state index contributed by atoms with van der Waals surface area (Å²) in [5.74, 6) is -1.79. The van der Waals surface area contributed by atoms with Crippen molar-refractivity contribution in [2.75, 3.05) is 13.1 Å². The second-order valence-corrected chi connectivity index (χ2v) is 5.22. The van der Waals surface area contributed by atoms with Crippen LogP contribution in [0, 0.1) is 0 Å². The first-order chi connectivity index (χ1) is 10.3. The molecule has 0 unspecified atom stereocenters. The predicted molar refractivity (Wildman–Crippen MR) is 79.9 cm³/mol. The maximum Gasteiger partial charge on any atom is 0.326 e. The molecule has 9 heteroatoms. The average molecular weight is 313 g/mol. The van der Waals surface area contributed by atoms with Crippen LogP contribution in [0.2, 0.25) is 0 Å². The lowest BCUT2D eigenvalue weighted by Gasteiger charge is -2.24. The molecule has 1 fully saturated rings. The summed E-state index contributed by atoms with van der Waals surface area (Å²) < 4.78 is 0. The van der Waals surface area contributed by atoms with Gasteiger partial charge in [-0.3, -0.25) is 14.6 Å². The third-order valence-electron chi connectivity index (χ3n) is 3.52. The summed E-state index contributed by atoms with van der Waals surface area (Å²) in [6.45, 7) is 2.22. The first-order valence-corrected chi connectivity index (χ1v) is 7.18. The molecule has 0 aliphatic carbocycles. The molecular weight excluding hydrogens is 290 g/mol. The molecule has 124 valence electrons. The second kappa shape index (κ2) is 8.20. The highest BCUT2D eigenvalue weighted by molar-refractivity contribution is 5.90. The van der Waals surface area contributed by atoms with Crippen LogP contribution in [0.1, 0.15) is 32.6 Å². The van der Waals surface area contributed by atoms with Gasteiger partial charge in [-0.2, -0.15) is 0 Å². The first kappa shape index (κ1) is 17.7. The van der Waals surface area contributed by atoms with E-state index in [4.69, 9.17) is 16.6 Å². The minimum absolute atomic E-state index is 0.0565. The van der Waals surface area contributed by atoms with Crippen molar-refractivity contribution in [1.29, 1.82) is 0 Å². The van der Waals surface area contributed by atoms with Gasteiger partial charge in [0.25, 0.3) is 0 Å². The lowest BCUT2D eigenvalue weighted by Crippen LogP contribution is -2.50. The van der Waals surface area contributed by atoms with E-state index >= 15 is 0 Å². The number of nitrogens with one attached hydrogen (secondary N) is 1. The van der Waals surface area contributed by atoms with Gasteiger partial charge in [0, 0.05) is 20.0 Å². The van der Waals surface area contributed by atoms with Crippen molar-refractivity contribution in [3.63, 3.8) is 0 Å². The molecule has 0 saturated carbocycles. The quantitative estimate of drug-likeness (QED) is 0.258. The summed E-state index contributed by atoms with van der Waals surface area (Å²) in [5, 5.41) is 11.7. The van der Waals surface area contributed by atoms with E-state index in [2.05, 4.69) is 10.3 Å². The van der Waals surface area contributed by atoms with Gasteiger partial charge in [-0.15, -0.1) is 0 Å². The molecule has 2 amide bonds. The fraction of sp³-hybridized carbons (Fsp3) is 0.692. The van der Waals surface area contributed by atoms with E-state index in [1.807, 2.05) is 0 Å². The summed E-state index contributed by atoms with van der Waals surface area (Å²) in [7, 11) is 0. The summed E-state index contributed by atoms with van der Waals surface area (Å²) >= 11 is 0. The normalized spacial score (nSPS) is 18.6. The van der Waals surface area contributed by atoms with E-state index in [0.717, 1.165) is 6.42 Å². The highest BCUT2D eigenvalue weighted by atomic mass is 16.4. The number of carboxylic acids is 1. The lowest BCUT2D eigenvalue weighted by atomic mass is 10.1. The van der Waals surface area contributed by atoms with Crippen LogP contribution in [0.3, 0.4) is 0 Å². The third kappa shape index (κ3) is 5.23. The SMILES string of the molecule is CC(=O)N1CCC[C@H]1C(=O)N[C@@H](CCCN=C(N)N)C(=O)O. The molecule has 1 aliphatic rings. The first-order valence-electron chi connectivity index (χ1n) is 7.18. The molecular formula is C13H23N5O4. The number of hydrogen-bond acceptors (Lipinski definition) is 4. The topological polar surface area (TPSA) is 151 Å². The minimum atomic E-state index is -1.12. The molecule has 1 aliphatic heterocycles. The molecule has 2 atom stereocenters. The molecule has 6 N–H and O–H groups in total. The van der Waals surface area contributed by atoms with Crippen LogP contribution < -0.4 is 16.8 Å². The van der Waals surface area contributed by atoms with E-state index in [-0.39, 0.29) is 18.3 Å². The molecule has 1 heterocycles. The highest BCUT2D eigenvalue weighted by Gasteiger charge is 2.34. The zero-order valence-electron chi connectivity index (χ0n) is 12.6. The van der Waals surface area contributed by atoms with Crippen molar-refractivity contribution in [2.45, 2.75) is 44.7 Å². The summed E-state index contributed by atoms with van der Waals surface area (Å²) in [6, 6.07) is -1.60. The molecule has 1 rings (SSSR count). The molecule has 0 aromatic carbocycles. The summed E-state index contributed by atoms with van der Waals surface area (Å²) in [4.78, 5) is 40.1. The van der Waals surface area contributed by atoms with Crippen LogP contribution in [0.25, 0.3) is 0 Å². The van der Waals surface area contributed by atoms with Gasteiger partial charge in [0.05, 0.1) is 0 Å². The standard InChI is InChI=1S/C13H23N5O4/c1-8(19)18-7-3-5-10(18)11(20)17-9(12(21)22)4-2-6-16-13(14)15/h9-10H,2-7H2,1H3,(H,17,20)(H,21,22)(H4,14,15,16)/t9-,10-/m0/s1. The molecule has 0 aromatic heterocycles. The minimum Gasteiger partial charge on any atom is -0.480 e. The van der Waals surface area contributed by atoms with Gasteiger partial charge in [0.1, 0.15) is 12.1 Å². The maximum absolute atomic E-state index is 12.2. The predicted octanol–water partition coefficient (Wildman–Crippen LogP) is -1.38. The lowest BCUT2D eigenvalue weighted by molar-refractivity contribution is -0.143.